The molecule has 0 rings (SSSR count). The van der Waals surface area contributed by atoms with Gasteiger partial charge in [0.2, 0.25) is 0 Å². The van der Waals surface area contributed by atoms with Crippen molar-refractivity contribution < 1.29 is 30.0 Å². The molecule has 0 heterocycles. The summed E-state index contributed by atoms with van der Waals surface area (Å²) in [4.78, 5) is 24.5. The minimum atomic E-state index is -2.00. The Bertz CT molecular complexity index is 552. The summed E-state index contributed by atoms with van der Waals surface area (Å²) in [6, 6.07) is 0.380. The van der Waals surface area contributed by atoms with Crippen LogP contribution in [0.2, 0.25) is 0 Å². The predicted octanol–water partition coefficient (Wildman–Crippen LogP) is 0.744. The van der Waals surface area contributed by atoms with Crippen LogP contribution in [0.5, 0.6) is 0 Å². The van der Waals surface area contributed by atoms with E-state index in [1.165, 1.54) is 0 Å². The molecule has 0 aromatic carbocycles. The van der Waals surface area contributed by atoms with E-state index < -0.39 is 47.6 Å². The van der Waals surface area contributed by atoms with Gasteiger partial charge in [-0.3, -0.25) is 9.59 Å². The highest BCUT2D eigenvalue weighted by atomic mass is 16.4. The van der Waals surface area contributed by atoms with E-state index >= 15 is 0 Å². The first-order valence-corrected chi connectivity index (χ1v) is 10.9. The number of carbonyl (C=O) groups excluding carboxylic acids is 2. The first-order chi connectivity index (χ1) is 13.6. The van der Waals surface area contributed by atoms with Crippen LogP contribution in [-0.4, -0.2) is 74.7 Å². The SMILES string of the molecule is CCC(C)NCC(C)(C)CC(C)(C)NC(=O)[C@@H](O)[C@H](O)C(O)C(O)C(=O)C(C)CC. The molecule has 0 saturated heterocycles. The highest BCUT2D eigenvalue weighted by molar-refractivity contribution is 5.86. The minimum Gasteiger partial charge on any atom is -0.387 e. The fourth-order valence-electron chi connectivity index (χ4n) is 3.50. The molecular formula is C22H44N2O6. The van der Waals surface area contributed by atoms with Crippen LogP contribution < -0.4 is 10.6 Å². The van der Waals surface area contributed by atoms with Crippen molar-refractivity contribution in [1.82, 2.24) is 10.6 Å². The lowest BCUT2D eigenvalue weighted by molar-refractivity contribution is -0.157. The van der Waals surface area contributed by atoms with Crippen molar-refractivity contribution in [3.05, 3.63) is 0 Å². The average molecular weight is 433 g/mol. The molecule has 0 bridgehead atoms. The Morgan fingerprint density at radius 3 is 1.83 bits per heavy atom. The Labute approximate surface area is 181 Å². The number of aliphatic hydroxyl groups is 4. The van der Waals surface area contributed by atoms with E-state index in [1.54, 1.807) is 13.8 Å². The summed E-state index contributed by atoms with van der Waals surface area (Å²) in [5.41, 5.74) is -0.850. The van der Waals surface area contributed by atoms with E-state index in [2.05, 4.69) is 38.3 Å². The standard InChI is InChI=1S/C22H44N2O6/c1-9-13(3)15(25)16(26)17(27)18(28)19(29)20(30)24-22(7,8)11-21(5,6)12-23-14(4)10-2/h13-14,16-19,23,26-29H,9-12H2,1-8H3,(H,24,30)/t13?,14?,16?,17?,18-,19+/m1/s1. The van der Waals surface area contributed by atoms with Crippen molar-refractivity contribution in [1.29, 1.82) is 0 Å². The zero-order valence-corrected chi connectivity index (χ0v) is 19.9. The summed E-state index contributed by atoms with van der Waals surface area (Å²) in [5, 5.41) is 46.6. The Morgan fingerprint density at radius 1 is 0.867 bits per heavy atom. The molecule has 0 aliphatic heterocycles. The van der Waals surface area contributed by atoms with Crippen LogP contribution in [0.1, 0.15) is 74.7 Å². The van der Waals surface area contributed by atoms with Gasteiger partial charge in [0.05, 0.1) is 0 Å². The van der Waals surface area contributed by atoms with Crippen LogP contribution in [0.25, 0.3) is 0 Å². The third-order valence-corrected chi connectivity index (χ3v) is 5.58. The average Bonchev–Trinajstić information content (AvgIpc) is 2.66. The van der Waals surface area contributed by atoms with Crippen LogP contribution >= 0.6 is 0 Å². The van der Waals surface area contributed by atoms with Gasteiger partial charge in [0.25, 0.3) is 5.91 Å². The van der Waals surface area contributed by atoms with Crippen LogP contribution in [0.3, 0.4) is 0 Å². The molecule has 0 saturated carbocycles. The van der Waals surface area contributed by atoms with E-state index in [0.29, 0.717) is 18.9 Å². The fraction of sp³-hybridized carbons (Fsp3) is 0.909. The summed E-state index contributed by atoms with van der Waals surface area (Å²) in [7, 11) is 0. The Hall–Kier alpha value is -1.06. The molecule has 6 atom stereocenters. The zero-order chi connectivity index (χ0) is 23.9. The summed E-state index contributed by atoms with van der Waals surface area (Å²) >= 11 is 0. The van der Waals surface area contributed by atoms with Gasteiger partial charge >= 0.3 is 0 Å². The third kappa shape index (κ3) is 9.39. The molecule has 0 radical (unpaired) electrons. The quantitative estimate of drug-likeness (QED) is 0.238. The highest BCUT2D eigenvalue weighted by Crippen LogP contribution is 2.27. The van der Waals surface area contributed by atoms with E-state index in [0.717, 1.165) is 13.0 Å². The maximum atomic E-state index is 12.5. The smallest absolute Gasteiger partial charge is 0.252 e. The van der Waals surface area contributed by atoms with Gasteiger partial charge in [-0.05, 0) is 45.4 Å². The zero-order valence-electron chi connectivity index (χ0n) is 19.9. The first-order valence-electron chi connectivity index (χ1n) is 10.9. The molecule has 0 aliphatic rings. The Morgan fingerprint density at radius 2 is 1.37 bits per heavy atom. The summed E-state index contributed by atoms with van der Waals surface area (Å²) < 4.78 is 0. The van der Waals surface area contributed by atoms with E-state index in [4.69, 9.17) is 0 Å². The number of carbonyl (C=O) groups is 2. The maximum absolute atomic E-state index is 12.5. The molecule has 0 spiro atoms. The van der Waals surface area contributed by atoms with Crippen LogP contribution in [0.15, 0.2) is 0 Å². The minimum absolute atomic E-state index is 0.151. The first kappa shape index (κ1) is 28.9. The molecule has 178 valence electrons. The molecular weight excluding hydrogens is 388 g/mol. The molecule has 8 heteroatoms. The normalized spacial score (nSPS) is 18.8. The largest absolute Gasteiger partial charge is 0.387 e. The topological polar surface area (TPSA) is 139 Å². The molecule has 6 N–H and O–H groups in total. The number of aliphatic hydroxyl groups excluding tert-OH is 4. The monoisotopic (exact) mass is 432 g/mol. The molecule has 0 aromatic rings. The predicted molar refractivity (Wildman–Crippen MR) is 117 cm³/mol. The number of hydrogen-bond donors (Lipinski definition) is 6. The van der Waals surface area contributed by atoms with Gasteiger partial charge in [-0.2, -0.15) is 0 Å². The van der Waals surface area contributed by atoms with Crippen LogP contribution in [0, 0.1) is 11.3 Å². The lowest BCUT2D eigenvalue weighted by Gasteiger charge is -2.37. The van der Waals surface area contributed by atoms with Crippen molar-refractivity contribution >= 4 is 11.7 Å². The number of rotatable bonds is 14. The van der Waals surface area contributed by atoms with E-state index in [9.17, 15) is 30.0 Å². The Balaban J connectivity index is 4.97. The van der Waals surface area contributed by atoms with Crippen molar-refractivity contribution in [3.8, 4) is 0 Å². The van der Waals surface area contributed by atoms with E-state index in [-0.39, 0.29) is 5.41 Å². The molecule has 0 aromatic heterocycles. The number of Topliss-reactive ketones (excluding diaryl/α,β-unsaturated/α-hetero) is 1. The summed E-state index contributed by atoms with van der Waals surface area (Å²) in [6.07, 6.45) is -5.77. The summed E-state index contributed by atoms with van der Waals surface area (Å²) in [6.45, 7) is 16.1. The van der Waals surface area contributed by atoms with Crippen molar-refractivity contribution in [2.45, 2.75) is 111 Å². The number of ketones is 1. The van der Waals surface area contributed by atoms with Crippen molar-refractivity contribution in [2.75, 3.05) is 6.54 Å². The van der Waals surface area contributed by atoms with Gasteiger partial charge < -0.3 is 31.1 Å². The molecule has 8 nitrogen and oxygen atoms in total. The second-order valence-corrected chi connectivity index (χ2v) is 9.99. The summed E-state index contributed by atoms with van der Waals surface area (Å²) in [5.74, 6) is -2.04. The van der Waals surface area contributed by atoms with Crippen LogP contribution in [0.4, 0.5) is 0 Å². The van der Waals surface area contributed by atoms with Crippen LogP contribution in [-0.2, 0) is 9.59 Å². The molecule has 1 amide bonds. The molecule has 4 unspecified atom stereocenters. The van der Waals surface area contributed by atoms with Gasteiger partial charge in [-0.1, -0.05) is 34.6 Å². The van der Waals surface area contributed by atoms with Crippen molar-refractivity contribution in [3.63, 3.8) is 0 Å². The molecule has 0 aliphatic carbocycles. The van der Waals surface area contributed by atoms with Gasteiger partial charge in [-0.15, -0.1) is 0 Å². The van der Waals surface area contributed by atoms with Gasteiger partial charge in [0, 0.05) is 24.0 Å². The second kappa shape index (κ2) is 12.1. The lowest BCUT2D eigenvalue weighted by Crippen LogP contribution is -2.57. The lowest BCUT2D eigenvalue weighted by atomic mass is 9.79. The van der Waals surface area contributed by atoms with Gasteiger partial charge in [0.1, 0.15) is 18.3 Å². The van der Waals surface area contributed by atoms with E-state index in [1.807, 2.05) is 13.8 Å². The Kier molecular flexibility index (Phi) is 11.7. The second-order valence-electron chi connectivity index (χ2n) is 9.99. The highest BCUT2D eigenvalue weighted by Gasteiger charge is 2.40. The van der Waals surface area contributed by atoms with Gasteiger partial charge in [-0.25, -0.2) is 0 Å². The maximum Gasteiger partial charge on any atom is 0.252 e. The van der Waals surface area contributed by atoms with Gasteiger partial charge in [0.15, 0.2) is 11.9 Å². The number of hydrogen-bond acceptors (Lipinski definition) is 7. The molecule has 0 fully saturated rings. The molecule has 30 heavy (non-hydrogen) atoms. The number of nitrogens with one attached hydrogen (secondary N) is 2. The third-order valence-electron chi connectivity index (χ3n) is 5.58. The fourth-order valence-corrected chi connectivity index (χ4v) is 3.50. The number of amides is 1. The van der Waals surface area contributed by atoms with Crippen molar-refractivity contribution in [2.24, 2.45) is 11.3 Å².